The van der Waals surface area contributed by atoms with Gasteiger partial charge in [0.1, 0.15) is 11.4 Å². The lowest BCUT2D eigenvalue weighted by atomic mass is 10.1. The zero-order valence-corrected chi connectivity index (χ0v) is 27.5. The second kappa shape index (κ2) is 18.5. The number of anilines is 4. The molecule has 0 atom stereocenters. The maximum atomic E-state index is 12.7. The van der Waals surface area contributed by atoms with E-state index in [1.165, 1.54) is 20.3 Å². The largest absolute Gasteiger partial charge is 0.495 e. The standard InChI is InChI=1S/C28H37N7O5.2C2H6/c1-33(14-7-10-25(37)40-4)15-13-29-27(38)19-11-12-21(23(16-19)39-3)31-28-30-17-22-26(32-28)35(18-24(36)34(22)2)20-8-5-6-9-20;2*1-2/h7,10-12,16-17,20H,5-6,8-9,13-15,18H2,1-4H3,(H,29,38)(H,30,31,32);2*1-2H3/b10-7+;;. The van der Waals surface area contributed by atoms with E-state index in [1.54, 1.807) is 42.4 Å². The van der Waals surface area contributed by atoms with Crippen LogP contribution in [0.3, 0.4) is 0 Å². The summed E-state index contributed by atoms with van der Waals surface area (Å²) in [6.45, 7) is 9.89. The van der Waals surface area contributed by atoms with Gasteiger partial charge >= 0.3 is 5.97 Å². The van der Waals surface area contributed by atoms with Crippen LogP contribution < -0.4 is 25.2 Å². The highest BCUT2D eigenvalue weighted by Gasteiger charge is 2.34. The number of fused-ring (bicyclic) bond motifs is 1. The zero-order chi connectivity index (χ0) is 32.6. The fraction of sp³-hybridized carbons (Fsp3) is 0.531. The quantitative estimate of drug-likeness (QED) is 0.279. The Morgan fingerprint density at radius 3 is 2.50 bits per heavy atom. The molecule has 1 aromatic carbocycles. The summed E-state index contributed by atoms with van der Waals surface area (Å²) in [5.41, 5.74) is 1.76. The number of esters is 1. The third-order valence-corrected chi connectivity index (χ3v) is 7.19. The number of nitrogens with one attached hydrogen (secondary N) is 2. The number of hydrogen-bond acceptors (Lipinski definition) is 10. The molecule has 2 aliphatic rings. The predicted octanol–water partition coefficient (Wildman–Crippen LogP) is 4.40. The van der Waals surface area contributed by atoms with Gasteiger partial charge < -0.3 is 34.8 Å². The highest BCUT2D eigenvalue weighted by atomic mass is 16.5. The minimum absolute atomic E-state index is 0.0290. The highest BCUT2D eigenvalue weighted by molar-refractivity contribution is 6.02. The Morgan fingerprint density at radius 2 is 1.84 bits per heavy atom. The average Bonchev–Trinajstić information content (AvgIpc) is 3.59. The first-order valence-corrected chi connectivity index (χ1v) is 15.4. The van der Waals surface area contributed by atoms with E-state index in [1.807, 2.05) is 39.6 Å². The molecule has 0 radical (unpaired) electrons. The van der Waals surface area contributed by atoms with Crippen LogP contribution in [0.2, 0.25) is 0 Å². The summed E-state index contributed by atoms with van der Waals surface area (Å²) < 4.78 is 10.1. The normalized spacial score (nSPS) is 14.3. The second-order valence-corrected chi connectivity index (χ2v) is 9.91. The van der Waals surface area contributed by atoms with Crippen LogP contribution in [0.25, 0.3) is 0 Å². The van der Waals surface area contributed by atoms with Gasteiger partial charge in [-0.3, -0.25) is 9.59 Å². The minimum atomic E-state index is -0.401. The molecule has 0 unspecified atom stereocenters. The fourth-order valence-corrected chi connectivity index (χ4v) is 4.86. The Bertz CT molecular complexity index is 1260. The van der Waals surface area contributed by atoms with Crippen molar-refractivity contribution in [1.29, 1.82) is 0 Å². The first-order valence-electron chi connectivity index (χ1n) is 15.4. The summed E-state index contributed by atoms with van der Waals surface area (Å²) in [4.78, 5) is 51.4. The van der Waals surface area contributed by atoms with Crippen molar-refractivity contribution in [1.82, 2.24) is 20.2 Å². The lowest BCUT2D eigenvalue weighted by molar-refractivity contribution is -0.134. The van der Waals surface area contributed by atoms with E-state index in [4.69, 9.17) is 9.72 Å². The van der Waals surface area contributed by atoms with E-state index >= 15 is 0 Å². The molecule has 0 bridgehead atoms. The minimum Gasteiger partial charge on any atom is -0.495 e. The molecule has 2 heterocycles. The molecule has 1 saturated carbocycles. The first kappa shape index (κ1) is 36.0. The molecule has 0 saturated heterocycles. The van der Waals surface area contributed by atoms with Crippen molar-refractivity contribution in [2.75, 3.05) is 69.6 Å². The summed E-state index contributed by atoms with van der Waals surface area (Å²) in [6, 6.07) is 5.42. The van der Waals surface area contributed by atoms with Crippen molar-refractivity contribution in [3.63, 3.8) is 0 Å². The summed E-state index contributed by atoms with van der Waals surface area (Å²) in [5, 5.41) is 6.11. The van der Waals surface area contributed by atoms with Crippen LogP contribution in [-0.4, -0.2) is 93.2 Å². The Morgan fingerprint density at radius 1 is 1.14 bits per heavy atom. The molecule has 4 rings (SSSR count). The van der Waals surface area contributed by atoms with Crippen LogP contribution >= 0.6 is 0 Å². The van der Waals surface area contributed by atoms with Crippen LogP contribution in [0, 0.1) is 0 Å². The lowest BCUT2D eigenvalue weighted by Gasteiger charge is -2.37. The van der Waals surface area contributed by atoms with Crippen LogP contribution in [0.5, 0.6) is 5.75 Å². The first-order chi connectivity index (χ1) is 21.3. The number of methoxy groups -OCH3 is 2. The maximum Gasteiger partial charge on any atom is 0.330 e. The van der Waals surface area contributed by atoms with Gasteiger partial charge in [0.05, 0.1) is 32.6 Å². The topological polar surface area (TPSA) is 129 Å². The van der Waals surface area contributed by atoms with Crippen molar-refractivity contribution in [3.05, 3.63) is 42.1 Å². The molecule has 2 amide bonds. The number of amides is 2. The van der Waals surface area contributed by atoms with E-state index in [2.05, 4.69) is 25.3 Å². The number of hydrogen-bond donors (Lipinski definition) is 2. The molecule has 12 nitrogen and oxygen atoms in total. The predicted molar refractivity (Wildman–Crippen MR) is 175 cm³/mol. The van der Waals surface area contributed by atoms with E-state index in [9.17, 15) is 14.4 Å². The van der Waals surface area contributed by atoms with Gasteiger partial charge in [-0.25, -0.2) is 9.78 Å². The van der Waals surface area contributed by atoms with Gasteiger partial charge in [-0.2, -0.15) is 4.98 Å². The van der Waals surface area contributed by atoms with Crippen LogP contribution in [-0.2, 0) is 14.3 Å². The Kier molecular flexibility index (Phi) is 15.1. The van der Waals surface area contributed by atoms with Gasteiger partial charge in [-0.1, -0.05) is 46.6 Å². The van der Waals surface area contributed by atoms with Crippen molar-refractivity contribution in [2.45, 2.75) is 59.4 Å². The molecule has 2 aromatic rings. The molecule has 1 aliphatic carbocycles. The van der Waals surface area contributed by atoms with E-state index in [0.717, 1.165) is 31.5 Å². The number of likely N-dealkylation sites (N-methyl/N-ethyl adjacent to an activating group) is 2. The molecule has 1 fully saturated rings. The third kappa shape index (κ3) is 9.66. The van der Waals surface area contributed by atoms with Gasteiger partial charge in [0.2, 0.25) is 11.9 Å². The van der Waals surface area contributed by atoms with Crippen LogP contribution in [0.4, 0.5) is 23.1 Å². The number of aromatic nitrogens is 2. The lowest BCUT2D eigenvalue weighted by Crippen LogP contribution is -2.48. The SMILES string of the molecule is CC.CC.COC(=O)/C=C/CN(C)CCNC(=O)c1ccc(Nc2ncc3c(n2)N(C2CCCC2)CC(=O)N3C)c(OC)c1. The van der Waals surface area contributed by atoms with Crippen molar-refractivity contribution in [3.8, 4) is 5.75 Å². The van der Waals surface area contributed by atoms with E-state index in [0.29, 0.717) is 60.9 Å². The Balaban J connectivity index is 0.00000162. The molecule has 12 heteroatoms. The zero-order valence-electron chi connectivity index (χ0n) is 27.5. The van der Waals surface area contributed by atoms with E-state index in [-0.39, 0.29) is 11.8 Å². The maximum absolute atomic E-state index is 12.7. The van der Waals surface area contributed by atoms with Gasteiger partial charge in [-0.15, -0.1) is 0 Å². The third-order valence-electron chi connectivity index (χ3n) is 7.19. The number of carbonyl (C=O) groups is 3. The number of nitrogens with zero attached hydrogens (tertiary/aromatic N) is 5. The number of benzene rings is 1. The number of carbonyl (C=O) groups excluding carboxylic acids is 3. The molecule has 2 N–H and O–H groups in total. The van der Waals surface area contributed by atoms with Crippen molar-refractivity contribution in [2.24, 2.45) is 0 Å². The van der Waals surface area contributed by atoms with Crippen LogP contribution in [0.15, 0.2) is 36.5 Å². The highest BCUT2D eigenvalue weighted by Crippen LogP contribution is 2.37. The summed E-state index contributed by atoms with van der Waals surface area (Å²) in [7, 11) is 6.51. The monoisotopic (exact) mass is 611 g/mol. The Labute approximate surface area is 261 Å². The summed E-state index contributed by atoms with van der Waals surface area (Å²) >= 11 is 0. The molecule has 1 aromatic heterocycles. The molecule has 44 heavy (non-hydrogen) atoms. The second-order valence-electron chi connectivity index (χ2n) is 9.91. The Hall–Kier alpha value is -4.19. The average molecular weight is 612 g/mol. The molecule has 0 spiro atoms. The van der Waals surface area contributed by atoms with Crippen LogP contribution in [0.1, 0.15) is 63.7 Å². The smallest absolute Gasteiger partial charge is 0.330 e. The number of rotatable bonds is 11. The fourth-order valence-electron chi connectivity index (χ4n) is 4.86. The molecular weight excluding hydrogens is 562 g/mol. The van der Waals surface area contributed by atoms with Crippen molar-refractivity contribution < 1.29 is 23.9 Å². The summed E-state index contributed by atoms with van der Waals surface area (Å²) in [6.07, 6.45) is 9.14. The van der Waals surface area contributed by atoms with Gasteiger partial charge in [0.25, 0.3) is 5.91 Å². The van der Waals surface area contributed by atoms with Gasteiger partial charge in [0, 0.05) is 44.4 Å². The van der Waals surface area contributed by atoms with E-state index < -0.39 is 5.97 Å². The van der Waals surface area contributed by atoms with Crippen molar-refractivity contribution >= 4 is 40.9 Å². The summed E-state index contributed by atoms with van der Waals surface area (Å²) in [5.74, 6) is 0.993. The molecule has 242 valence electrons. The van der Waals surface area contributed by atoms with Gasteiger partial charge in [0.15, 0.2) is 5.82 Å². The molecule has 1 aliphatic heterocycles. The molecular formula is C32H49N7O5. The number of ether oxygens (including phenoxy) is 2. The van der Waals surface area contributed by atoms with Gasteiger partial charge in [-0.05, 0) is 38.1 Å².